The predicted octanol–water partition coefficient (Wildman–Crippen LogP) is 1.24. The van der Waals surface area contributed by atoms with Crippen molar-refractivity contribution < 1.29 is 39.1 Å². The number of benzene rings is 2. The summed E-state index contributed by atoms with van der Waals surface area (Å²) in [6.45, 7) is 1.98. The van der Waals surface area contributed by atoms with Crippen LogP contribution < -0.4 is 45.3 Å². The van der Waals surface area contributed by atoms with Crippen molar-refractivity contribution in [3.05, 3.63) is 69.5 Å². The number of rotatable bonds is 8. The number of carbonyl (C=O) groups excluding carboxylic acids is 2. The van der Waals surface area contributed by atoms with Gasteiger partial charge in [-0.25, -0.2) is 0 Å². The van der Waals surface area contributed by atoms with Gasteiger partial charge in [0.1, 0.15) is 0 Å². The summed E-state index contributed by atoms with van der Waals surface area (Å²) in [5.41, 5.74) is 1.41. The first kappa shape index (κ1) is 27.6. The van der Waals surface area contributed by atoms with Crippen LogP contribution in [0.5, 0.6) is 0 Å². The Bertz CT molecular complexity index is 1130. The summed E-state index contributed by atoms with van der Waals surface area (Å²) < 4.78 is 0. The average Bonchev–Trinajstić information content (AvgIpc) is 3.48. The summed E-state index contributed by atoms with van der Waals surface area (Å²) in [6, 6.07) is 12.4. The first-order valence-electron chi connectivity index (χ1n) is 11.2. The maximum Gasteiger partial charge on any atom is 1.00 e. The minimum absolute atomic E-state index is 0. The third-order valence-electron chi connectivity index (χ3n) is 6.22. The van der Waals surface area contributed by atoms with Gasteiger partial charge in [-0.05, 0) is 62.4 Å². The monoisotopic (exact) mass is 522 g/mol. The van der Waals surface area contributed by atoms with Crippen LogP contribution in [-0.2, 0) is 17.6 Å². The molecule has 1 aliphatic rings. The number of carbonyl (C=O) groups is 2. The molecule has 0 radical (unpaired) electrons. The number of halogens is 2. The van der Waals surface area contributed by atoms with E-state index in [1.807, 2.05) is 31.2 Å². The van der Waals surface area contributed by atoms with E-state index < -0.39 is 5.41 Å². The Balaban J connectivity index is 0.00000342. The van der Waals surface area contributed by atoms with Crippen LogP contribution in [0, 0.1) is 5.41 Å². The van der Waals surface area contributed by atoms with E-state index in [1.165, 1.54) is 0 Å². The van der Waals surface area contributed by atoms with E-state index in [0.717, 1.165) is 31.2 Å². The molecule has 0 bridgehead atoms. The summed E-state index contributed by atoms with van der Waals surface area (Å²) in [4.78, 5) is 25.7. The van der Waals surface area contributed by atoms with Gasteiger partial charge in [0.05, 0.1) is 21.0 Å². The van der Waals surface area contributed by atoms with Crippen molar-refractivity contribution in [2.45, 2.75) is 51.5 Å². The molecule has 1 heterocycles. The number of tetrazole rings is 1. The molecule has 1 unspecified atom stereocenters. The Kier molecular flexibility index (Phi) is 9.72. The second kappa shape index (κ2) is 12.3. The van der Waals surface area contributed by atoms with Crippen LogP contribution >= 0.6 is 23.2 Å². The molecule has 1 saturated carbocycles. The van der Waals surface area contributed by atoms with Gasteiger partial charge in [0, 0.05) is 17.6 Å². The predicted molar refractivity (Wildman–Crippen MR) is 130 cm³/mol. The van der Waals surface area contributed by atoms with Crippen molar-refractivity contribution in [1.29, 1.82) is 0 Å². The van der Waals surface area contributed by atoms with Crippen molar-refractivity contribution in [2.75, 3.05) is 5.32 Å². The van der Waals surface area contributed by atoms with Crippen LogP contribution in [0.15, 0.2) is 42.5 Å². The van der Waals surface area contributed by atoms with E-state index in [4.69, 9.17) is 23.2 Å². The van der Waals surface area contributed by atoms with Crippen LogP contribution in [0.4, 0.5) is 5.69 Å². The van der Waals surface area contributed by atoms with E-state index in [0.29, 0.717) is 34.4 Å². The van der Waals surface area contributed by atoms with Crippen LogP contribution in [-0.4, -0.2) is 33.4 Å². The molecule has 2 amide bonds. The van der Waals surface area contributed by atoms with Gasteiger partial charge < -0.3 is 15.7 Å². The standard InChI is InChI=1S/C24H26Cl2N6O2.Na/c1-15(27-23(34)24(11-2-3-12-24)14-20-29-31-32-30-20)13-16-7-9-17(10-8-16)28-22(33)21-18(25)5-4-6-19(21)26;/h4-10,15H,2-3,11-14H2,1H3,(H3,27,28,29,30,31,32,33,34);/q;+1/p-1. The van der Waals surface area contributed by atoms with Crippen LogP contribution in [0.3, 0.4) is 0 Å². The van der Waals surface area contributed by atoms with Gasteiger partial charge in [-0.3, -0.25) is 19.9 Å². The molecular formula is C24H25Cl2N6NaO2. The quantitative estimate of drug-likeness (QED) is 0.430. The van der Waals surface area contributed by atoms with E-state index >= 15 is 0 Å². The molecule has 35 heavy (non-hydrogen) atoms. The van der Waals surface area contributed by atoms with E-state index in [-0.39, 0.29) is 53.0 Å². The van der Waals surface area contributed by atoms with Crippen molar-refractivity contribution in [3.63, 3.8) is 0 Å². The number of nitrogens with zero attached hydrogens (tertiary/aromatic N) is 4. The molecule has 1 atom stereocenters. The van der Waals surface area contributed by atoms with Gasteiger partial charge in [0.25, 0.3) is 5.91 Å². The SMILES string of the molecule is CC(Cc1ccc(NC(=O)c2c(Cl)cccc2Cl)cc1)NC(=O)C1(Cc2nnn[n-]2)CCCC1.[Na+]. The first-order valence-corrected chi connectivity index (χ1v) is 11.9. The molecule has 11 heteroatoms. The van der Waals surface area contributed by atoms with Crippen molar-refractivity contribution in [3.8, 4) is 0 Å². The summed E-state index contributed by atoms with van der Waals surface area (Å²) >= 11 is 12.2. The van der Waals surface area contributed by atoms with Gasteiger partial charge in [0.2, 0.25) is 5.91 Å². The fourth-order valence-corrected chi connectivity index (χ4v) is 5.06. The number of nitrogens with one attached hydrogen (secondary N) is 2. The smallest absolute Gasteiger partial charge is 0.353 e. The Labute approximate surface area is 236 Å². The van der Waals surface area contributed by atoms with Crippen molar-refractivity contribution in [2.24, 2.45) is 5.41 Å². The molecule has 1 fully saturated rings. The zero-order chi connectivity index (χ0) is 24.1. The summed E-state index contributed by atoms with van der Waals surface area (Å²) in [7, 11) is 0. The topological polar surface area (TPSA) is 111 Å². The molecule has 1 aromatic heterocycles. The molecule has 0 aliphatic heterocycles. The number of amides is 2. The number of hydrogen-bond donors (Lipinski definition) is 2. The second-order valence-electron chi connectivity index (χ2n) is 8.79. The Morgan fingerprint density at radius 2 is 1.74 bits per heavy atom. The molecule has 2 N–H and O–H groups in total. The van der Waals surface area contributed by atoms with Gasteiger partial charge in [-0.15, -0.1) is 0 Å². The average molecular weight is 523 g/mol. The third kappa shape index (κ3) is 6.83. The number of aromatic nitrogens is 4. The van der Waals surface area contributed by atoms with Crippen molar-refractivity contribution >= 4 is 40.7 Å². The third-order valence-corrected chi connectivity index (χ3v) is 6.85. The van der Waals surface area contributed by atoms with Crippen LogP contribution in [0.1, 0.15) is 54.4 Å². The second-order valence-corrected chi connectivity index (χ2v) is 9.60. The molecular weight excluding hydrogens is 498 g/mol. The fraction of sp³-hybridized carbons (Fsp3) is 0.375. The summed E-state index contributed by atoms with van der Waals surface area (Å²) in [5, 5.41) is 21.5. The zero-order valence-electron chi connectivity index (χ0n) is 19.7. The maximum atomic E-state index is 13.2. The summed E-state index contributed by atoms with van der Waals surface area (Å²) in [6.07, 6.45) is 4.75. The van der Waals surface area contributed by atoms with E-state index in [1.54, 1.807) is 18.2 Å². The minimum atomic E-state index is -0.500. The Morgan fingerprint density at radius 1 is 1.09 bits per heavy atom. The van der Waals surface area contributed by atoms with Gasteiger partial charge in [-0.2, -0.15) is 5.21 Å². The molecule has 1 aliphatic carbocycles. The van der Waals surface area contributed by atoms with Gasteiger partial charge in [-0.1, -0.05) is 54.2 Å². The molecule has 3 aromatic rings. The molecule has 8 nitrogen and oxygen atoms in total. The molecule has 4 rings (SSSR count). The number of hydrogen-bond acceptors (Lipinski definition) is 5. The Morgan fingerprint density at radius 3 is 2.34 bits per heavy atom. The van der Waals surface area contributed by atoms with Gasteiger partial charge in [0.15, 0.2) is 0 Å². The largest absolute Gasteiger partial charge is 1.00 e. The molecule has 178 valence electrons. The zero-order valence-corrected chi connectivity index (χ0v) is 23.2. The van der Waals surface area contributed by atoms with Gasteiger partial charge >= 0.3 is 29.6 Å². The van der Waals surface area contributed by atoms with Crippen molar-refractivity contribution in [1.82, 2.24) is 25.9 Å². The first-order chi connectivity index (χ1) is 16.4. The molecule has 0 spiro atoms. The maximum absolute atomic E-state index is 13.2. The summed E-state index contributed by atoms with van der Waals surface area (Å²) in [5.74, 6) is 0.174. The minimum Gasteiger partial charge on any atom is -0.353 e. The van der Waals surface area contributed by atoms with E-state index in [2.05, 4.69) is 31.3 Å². The Hall–Kier alpha value is -1.97. The normalized spacial score (nSPS) is 15.2. The number of anilines is 1. The molecule has 0 saturated heterocycles. The van der Waals surface area contributed by atoms with Crippen LogP contribution in [0.2, 0.25) is 10.0 Å². The fourth-order valence-electron chi connectivity index (χ4n) is 4.49. The molecule has 2 aromatic carbocycles. The van der Waals surface area contributed by atoms with Crippen LogP contribution in [0.25, 0.3) is 0 Å². The van der Waals surface area contributed by atoms with E-state index in [9.17, 15) is 9.59 Å².